The van der Waals surface area contributed by atoms with Gasteiger partial charge < -0.3 is 10.7 Å². The number of nitrogens with two attached hydrogens (primary N) is 1. The predicted molar refractivity (Wildman–Crippen MR) is 78.7 cm³/mol. The number of nitrogens with one attached hydrogen (secondary N) is 1. The van der Waals surface area contributed by atoms with Crippen LogP contribution >= 0.6 is 27.5 Å². The molecule has 0 amide bonds. The number of nitrogen functional groups attached to an aromatic ring is 1. The van der Waals surface area contributed by atoms with Gasteiger partial charge in [0.2, 0.25) is 0 Å². The number of hydrogen-bond donors (Lipinski definition) is 2. The summed E-state index contributed by atoms with van der Waals surface area (Å²) >= 11 is 9.32. The molecule has 1 aromatic heterocycles. The van der Waals surface area contributed by atoms with E-state index in [9.17, 15) is 0 Å². The highest BCUT2D eigenvalue weighted by Gasteiger charge is 2.08. The second-order valence-corrected chi connectivity index (χ2v) is 5.33. The molecule has 18 heavy (non-hydrogen) atoms. The summed E-state index contributed by atoms with van der Waals surface area (Å²) in [6, 6.07) is 11.3. The molecule has 0 bridgehead atoms. The average molecular weight is 323 g/mol. The van der Waals surface area contributed by atoms with Crippen molar-refractivity contribution < 1.29 is 0 Å². The van der Waals surface area contributed by atoms with Gasteiger partial charge in [-0.2, -0.15) is 0 Å². The van der Waals surface area contributed by atoms with Gasteiger partial charge in [0.15, 0.2) is 0 Å². The lowest BCUT2D eigenvalue weighted by Gasteiger charge is -2.02. The molecule has 90 valence electrons. The monoisotopic (exact) mass is 321 g/mol. The van der Waals surface area contributed by atoms with E-state index in [0.29, 0.717) is 10.7 Å². The van der Waals surface area contributed by atoms with E-state index in [2.05, 4.69) is 25.9 Å². The van der Waals surface area contributed by atoms with Gasteiger partial charge in [0.1, 0.15) is 5.82 Å². The largest absolute Gasteiger partial charge is 0.398 e. The van der Waals surface area contributed by atoms with E-state index in [1.54, 1.807) is 12.1 Å². The van der Waals surface area contributed by atoms with Crippen LogP contribution in [-0.2, 0) is 0 Å². The molecule has 5 heteroatoms. The number of nitrogens with zero attached hydrogens (tertiary/aromatic N) is 1. The average Bonchev–Trinajstić information content (AvgIpc) is 2.71. The summed E-state index contributed by atoms with van der Waals surface area (Å²) in [5.41, 5.74) is 9.29. The number of rotatable bonds is 1. The first-order chi connectivity index (χ1) is 8.63. The molecule has 3 aromatic rings. The topological polar surface area (TPSA) is 54.7 Å². The zero-order valence-corrected chi connectivity index (χ0v) is 11.6. The van der Waals surface area contributed by atoms with Crippen LogP contribution in [0, 0.1) is 0 Å². The Morgan fingerprint density at radius 2 is 2.00 bits per heavy atom. The minimum atomic E-state index is 0.612. The molecule has 0 radical (unpaired) electrons. The minimum absolute atomic E-state index is 0.612. The summed E-state index contributed by atoms with van der Waals surface area (Å²) in [5, 5.41) is 0.620. The first-order valence-corrected chi connectivity index (χ1v) is 6.51. The summed E-state index contributed by atoms with van der Waals surface area (Å²) in [5.74, 6) is 0.747. The third-order valence-electron chi connectivity index (χ3n) is 2.71. The van der Waals surface area contributed by atoms with Gasteiger partial charge in [-0.3, -0.25) is 0 Å². The molecule has 3 rings (SSSR count). The quantitative estimate of drug-likeness (QED) is 0.659. The number of H-pyrrole nitrogens is 1. The molecule has 3 nitrogen and oxygen atoms in total. The normalized spacial score (nSPS) is 11.0. The predicted octanol–water partition coefficient (Wildman–Crippen LogP) is 4.23. The van der Waals surface area contributed by atoms with Crippen molar-refractivity contribution >= 4 is 44.3 Å². The second kappa shape index (κ2) is 4.30. The van der Waals surface area contributed by atoms with Crippen LogP contribution in [0.15, 0.2) is 40.9 Å². The van der Waals surface area contributed by atoms with E-state index in [1.807, 2.05) is 24.3 Å². The maximum atomic E-state index is 5.95. The van der Waals surface area contributed by atoms with E-state index in [-0.39, 0.29) is 0 Å². The van der Waals surface area contributed by atoms with Gasteiger partial charge in [0, 0.05) is 20.7 Å². The van der Waals surface area contributed by atoms with Gasteiger partial charge in [-0.05, 0) is 36.4 Å². The molecular formula is C13H9BrClN3. The molecule has 0 unspecified atom stereocenters. The first kappa shape index (κ1) is 11.6. The summed E-state index contributed by atoms with van der Waals surface area (Å²) in [6.45, 7) is 0. The summed E-state index contributed by atoms with van der Waals surface area (Å²) < 4.78 is 1.01. The number of hydrogen-bond acceptors (Lipinski definition) is 2. The lowest BCUT2D eigenvalue weighted by atomic mass is 10.2. The molecular weight excluding hydrogens is 314 g/mol. The Morgan fingerprint density at radius 1 is 1.17 bits per heavy atom. The van der Waals surface area contributed by atoms with Gasteiger partial charge in [-0.15, -0.1) is 0 Å². The molecule has 0 spiro atoms. The zero-order chi connectivity index (χ0) is 12.7. The van der Waals surface area contributed by atoms with E-state index >= 15 is 0 Å². The van der Waals surface area contributed by atoms with Crippen LogP contribution in [-0.4, -0.2) is 9.97 Å². The number of benzene rings is 2. The number of aromatic amines is 1. The van der Waals surface area contributed by atoms with E-state index in [4.69, 9.17) is 17.3 Å². The van der Waals surface area contributed by atoms with Crippen LogP contribution in [0.1, 0.15) is 0 Å². The van der Waals surface area contributed by atoms with Crippen molar-refractivity contribution in [3.8, 4) is 11.4 Å². The Hall–Kier alpha value is -1.52. The number of aromatic nitrogens is 2. The van der Waals surface area contributed by atoms with Crippen LogP contribution in [0.2, 0.25) is 5.02 Å². The van der Waals surface area contributed by atoms with Gasteiger partial charge in [-0.1, -0.05) is 27.5 Å². The molecule has 0 atom stereocenters. The Kier molecular flexibility index (Phi) is 2.76. The molecule has 1 heterocycles. The van der Waals surface area contributed by atoms with Crippen LogP contribution in [0.4, 0.5) is 5.69 Å². The maximum Gasteiger partial charge on any atom is 0.140 e. The lowest BCUT2D eigenvalue weighted by molar-refractivity contribution is 1.34. The molecule has 2 aromatic carbocycles. The van der Waals surface area contributed by atoms with Crippen LogP contribution in [0.5, 0.6) is 0 Å². The molecule has 0 aliphatic carbocycles. The highest BCUT2D eigenvalue weighted by atomic mass is 79.9. The van der Waals surface area contributed by atoms with Gasteiger partial charge >= 0.3 is 0 Å². The van der Waals surface area contributed by atoms with Crippen molar-refractivity contribution in [3.05, 3.63) is 45.9 Å². The van der Waals surface area contributed by atoms with E-state index < -0.39 is 0 Å². The highest BCUT2D eigenvalue weighted by Crippen LogP contribution is 2.28. The third kappa shape index (κ3) is 1.98. The number of imidazole rings is 1. The second-order valence-electron chi connectivity index (χ2n) is 3.98. The minimum Gasteiger partial charge on any atom is -0.398 e. The molecule has 0 aliphatic rings. The van der Waals surface area contributed by atoms with E-state index in [1.165, 1.54) is 0 Å². The molecule has 0 saturated carbocycles. The van der Waals surface area contributed by atoms with Crippen LogP contribution in [0.3, 0.4) is 0 Å². The Bertz CT molecular complexity index is 736. The molecule has 0 aliphatic heterocycles. The molecule has 0 saturated heterocycles. The van der Waals surface area contributed by atoms with Crippen molar-refractivity contribution in [2.24, 2.45) is 0 Å². The van der Waals surface area contributed by atoms with Crippen LogP contribution in [0.25, 0.3) is 22.4 Å². The fourth-order valence-corrected chi connectivity index (χ4v) is 2.40. The van der Waals surface area contributed by atoms with E-state index in [0.717, 1.165) is 26.9 Å². The summed E-state index contributed by atoms with van der Waals surface area (Å²) in [6.07, 6.45) is 0. The fourth-order valence-electron chi connectivity index (χ4n) is 1.86. The number of halogens is 2. The SMILES string of the molecule is Nc1cc(Cl)ccc1-c1nc2ccc(Br)cc2[nH]1. The van der Waals surface area contributed by atoms with Crippen molar-refractivity contribution in [1.82, 2.24) is 9.97 Å². The van der Waals surface area contributed by atoms with Gasteiger partial charge in [0.05, 0.1) is 11.0 Å². The van der Waals surface area contributed by atoms with Crippen molar-refractivity contribution in [3.63, 3.8) is 0 Å². The standard InChI is InChI=1S/C13H9BrClN3/c14-7-1-4-11-12(5-7)18-13(17-11)9-3-2-8(15)6-10(9)16/h1-6H,16H2,(H,17,18). The zero-order valence-electron chi connectivity index (χ0n) is 9.24. The Balaban J connectivity index is 2.19. The lowest BCUT2D eigenvalue weighted by Crippen LogP contribution is -1.90. The highest BCUT2D eigenvalue weighted by molar-refractivity contribution is 9.10. The number of anilines is 1. The first-order valence-electron chi connectivity index (χ1n) is 5.34. The maximum absolute atomic E-state index is 5.95. The molecule has 3 N–H and O–H groups in total. The van der Waals surface area contributed by atoms with Crippen molar-refractivity contribution in [2.75, 3.05) is 5.73 Å². The Morgan fingerprint density at radius 3 is 2.78 bits per heavy atom. The van der Waals surface area contributed by atoms with Crippen LogP contribution < -0.4 is 5.73 Å². The van der Waals surface area contributed by atoms with Crippen molar-refractivity contribution in [1.29, 1.82) is 0 Å². The molecule has 0 fully saturated rings. The Labute approximate surface area is 117 Å². The van der Waals surface area contributed by atoms with Crippen molar-refractivity contribution in [2.45, 2.75) is 0 Å². The number of fused-ring (bicyclic) bond motifs is 1. The summed E-state index contributed by atoms with van der Waals surface area (Å²) in [4.78, 5) is 7.76. The smallest absolute Gasteiger partial charge is 0.140 e. The van der Waals surface area contributed by atoms with Gasteiger partial charge in [0.25, 0.3) is 0 Å². The fraction of sp³-hybridized carbons (Fsp3) is 0. The summed E-state index contributed by atoms with van der Waals surface area (Å²) in [7, 11) is 0. The van der Waals surface area contributed by atoms with Gasteiger partial charge in [-0.25, -0.2) is 4.98 Å². The third-order valence-corrected chi connectivity index (χ3v) is 3.44.